The third kappa shape index (κ3) is 3.26. The summed E-state index contributed by atoms with van der Waals surface area (Å²) in [6.07, 6.45) is 0. The second-order valence-corrected chi connectivity index (χ2v) is 6.04. The lowest BCUT2D eigenvalue weighted by Crippen LogP contribution is -1.93. The van der Waals surface area contributed by atoms with Crippen LogP contribution < -0.4 is 4.72 Å². The van der Waals surface area contributed by atoms with Gasteiger partial charge >= 0.3 is 0 Å². The lowest BCUT2D eigenvalue weighted by Gasteiger charge is -2.02. The van der Waals surface area contributed by atoms with Gasteiger partial charge in [0, 0.05) is 17.0 Å². The maximum Gasteiger partial charge on any atom is 0.284 e. The summed E-state index contributed by atoms with van der Waals surface area (Å²) in [7, 11) is 0. The number of hydrogen-bond acceptors (Lipinski definition) is 6. The fraction of sp³-hybridized carbons (Fsp3) is 0. The molecule has 0 aliphatic carbocycles. The first-order chi connectivity index (χ1) is 10.7. The quantitative estimate of drug-likeness (QED) is 0.412. The summed E-state index contributed by atoms with van der Waals surface area (Å²) in [5, 5.41) is 13.6. The largest absolute Gasteiger partial charge is 0.301 e. The van der Waals surface area contributed by atoms with Gasteiger partial charge in [0.1, 0.15) is 4.90 Å². The Hall–Kier alpha value is -2.38. The normalized spacial score (nSPS) is 10.4. The van der Waals surface area contributed by atoms with Gasteiger partial charge < -0.3 is 4.72 Å². The van der Waals surface area contributed by atoms with Gasteiger partial charge in [0.25, 0.3) is 5.69 Å². The van der Waals surface area contributed by atoms with Crippen LogP contribution in [-0.2, 0) is 0 Å². The molecule has 0 radical (unpaired) electrons. The van der Waals surface area contributed by atoms with Gasteiger partial charge in [-0.25, -0.2) is 4.98 Å². The molecule has 0 bridgehead atoms. The van der Waals surface area contributed by atoms with E-state index in [0.717, 1.165) is 11.3 Å². The van der Waals surface area contributed by atoms with Crippen molar-refractivity contribution in [2.45, 2.75) is 4.90 Å². The van der Waals surface area contributed by atoms with E-state index < -0.39 is 0 Å². The highest BCUT2D eigenvalue weighted by atomic mass is 32.2. The first kappa shape index (κ1) is 14.6. The Morgan fingerprint density at radius 2 is 1.82 bits per heavy atom. The third-order valence-corrected chi connectivity index (χ3v) is 4.63. The van der Waals surface area contributed by atoms with Gasteiger partial charge in [0.2, 0.25) is 0 Å². The number of anilines is 1. The predicted octanol–water partition coefficient (Wildman–Crippen LogP) is 4.84. The van der Waals surface area contributed by atoms with E-state index in [9.17, 15) is 10.1 Å². The van der Waals surface area contributed by atoms with Crippen LogP contribution in [-0.4, -0.2) is 9.91 Å². The monoisotopic (exact) mass is 329 g/mol. The van der Waals surface area contributed by atoms with Crippen LogP contribution in [0.2, 0.25) is 0 Å². The van der Waals surface area contributed by atoms with Crippen molar-refractivity contribution >= 4 is 34.1 Å². The van der Waals surface area contributed by atoms with E-state index in [-0.39, 0.29) is 10.6 Å². The summed E-state index contributed by atoms with van der Waals surface area (Å²) in [6, 6.07) is 16.5. The lowest BCUT2D eigenvalue weighted by atomic mass is 10.2. The molecular weight excluding hydrogens is 318 g/mol. The third-order valence-electron chi connectivity index (χ3n) is 2.88. The van der Waals surface area contributed by atoms with Crippen molar-refractivity contribution in [2.75, 3.05) is 4.72 Å². The Bertz CT molecular complexity index is 790. The number of thiazole rings is 1. The van der Waals surface area contributed by atoms with E-state index in [1.807, 2.05) is 35.7 Å². The summed E-state index contributed by atoms with van der Waals surface area (Å²) in [4.78, 5) is 15.6. The molecular formula is C15H11N3O2S2. The van der Waals surface area contributed by atoms with E-state index in [1.165, 1.54) is 29.4 Å². The summed E-state index contributed by atoms with van der Waals surface area (Å²) in [5.41, 5.74) is 2.01. The Balaban J connectivity index is 1.73. The molecule has 3 aromatic rings. The maximum absolute atomic E-state index is 11.0. The molecule has 0 spiro atoms. The summed E-state index contributed by atoms with van der Waals surface area (Å²) >= 11 is 2.66. The molecule has 3 rings (SSSR count). The fourth-order valence-corrected chi connectivity index (χ4v) is 3.37. The molecule has 1 aromatic heterocycles. The lowest BCUT2D eigenvalue weighted by molar-refractivity contribution is -0.387. The van der Waals surface area contributed by atoms with Gasteiger partial charge in [-0.3, -0.25) is 10.1 Å². The number of aromatic nitrogens is 1. The summed E-state index contributed by atoms with van der Waals surface area (Å²) in [5.74, 6) is 0. The van der Waals surface area contributed by atoms with Crippen molar-refractivity contribution in [2.24, 2.45) is 0 Å². The van der Waals surface area contributed by atoms with Crippen LogP contribution in [0.15, 0.2) is 64.9 Å². The van der Waals surface area contributed by atoms with Crippen LogP contribution in [0.3, 0.4) is 0 Å². The van der Waals surface area contributed by atoms with Crippen molar-refractivity contribution in [3.8, 4) is 11.3 Å². The molecule has 2 aromatic carbocycles. The SMILES string of the molecule is O=[N+]([O-])c1ccccc1SNc1nc(-c2ccccc2)cs1. The molecule has 1 heterocycles. The highest BCUT2D eigenvalue weighted by Gasteiger charge is 2.13. The number of hydrogen-bond donors (Lipinski definition) is 1. The Morgan fingerprint density at radius 1 is 1.09 bits per heavy atom. The zero-order valence-corrected chi connectivity index (χ0v) is 12.9. The van der Waals surface area contributed by atoms with Crippen molar-refractivity contribution < 1.29 is 4.92 Å². The molecule has 0 saturated heterocycles. The van der Waals surface area contributed by atoms with E-state index in [0.29, 0.717) is 10.0 Å². The number of nitrogens with one attached hydrogen (secondary N) is 1. The highest BCUT2D eigenvalue weighted by Crippen LogP contribution is 2.32. The molecule has 0 amide bonds. The molecule has 0 saturated carbocycles. The Labute approximate surface area is 135 Å². The van der Waals surface area contributed by atoms with E-state index >= 15 is 0 Å². The van der Waals surface area contributed by atoms with Gasteiger partial charge in [0.15, 0.2) is 5.13 Å². The number of nitro benzene ring substituents is 1. The summed E-state index contributed by atoms with van der Waals surface area (Å²) in [6.45, 7) is 0. The standard InChI is InChI=1S/C15H11N3O2S2/c19-18(20)13-8-4-5-9-14(13)22-17-15-16-12(10-21-15)11-6-2-1-3-7-11/h1-10H,(H,16,17). The molecule has 0 aliphatic rings. The molecule has 0 aliphatic heterocycles. The number of nitrogens with zero attached hydrogens (tertiary/aromatic N) is 2. The van der Waals surface area contributed by atoms with E-state index in [4.69, 9.17) is 0 Å². The summed E-state index contributed by atoms with van der Waals surface area (Å²) < 4.78 is 3.07. The van der Waals surface area contributed by atoms with Crippen LogP contribution in [0.5, 0.6) is 0 Å². The molecule has 110 valence electrons. The topological polar surface area (TPSA) is 68.1 Å². The van der Waals surface area contributed by atoms with Crippen molar-refractivity contribution in [3.05, 3.63) is 70.1 Å². The van der Waals surface area contributed by atoms with Gasteiger partial charge in [-0.1, -0.05) is 42.5 Å². The molecule has 0 atom stereocenters. The van der Waals surface area contributed by atoms with Crippen LogP contribution in [0.25, 0.3) is 11.3 Å². The average Bonchev–Trinajstić information content (AvgIpc) is 3.03. The van der Waals surface area contributed by atoms with Crippen molar-refractivity contribution in [1.82, 2.24) is 4.98 Å². The molecule has 7 heteroatoms. The zero-order valence-electron chi connectivity index (χ0n) is 11.3. The Morgan fingerprint density at radius 3 is 2.59 bits per heavy atom. The highest BCUT2D eigenvalue weighted by molar-refractivity contribution is 8.00. The number of para-hydroxylation sites is 1. The zero-order chi connectivity index (χ0) is 15.4. The number of benzene rings is 2. The van der Waals surface area contributed by atoms with E-state index in [2.05, 4.69) is 9.71 Å². The number of rotatable bonds is 5. The van der Waals surface area contributed by atoms with Crippen molar-refractivity contribution in [1.29, 1.82) is 0 Å². The maximum atomic E-state index is 11.0. The van der Waals surface area contributed by atoms with Gasteiger partial charge in [-0.2, -0.15) is 0 Å². The van der Waals surface area contributed by atoms with Crippen LogP contribution in [0, 0.1) is 10.1 Å². The van der Waals surface area contributed by atoms with Gasteiger partial charge in [-0.15, -0.1) is 11.3 Å². The molecule has 22 heavy (non-hydrogen) atoms. The second kappa shape index (κ2) is 6.59. The number of nitro groups is 1. The predicted molar refractivity (Wildman–Crippen MR) is 90.1 cm³/mol. The molecule has 1 N–H and O–H groups in total. The fourth-order valence-electron chi connectivity index (χ4n) is 1.86. The minimum absolute atomic E-state index is 0.0832. The van der Waals surface area contributed by atoms with E-state index in [1.54, 1.807) is 18.2 Å². The van der Waals surface area contributed by atoms with Crippen LogP contribution in [0.4, 0.5) is 10.8 Å². The van der Waals surface area contributed by atoms with Gasteiger partial charge in [-0.05, 0) is 18.0 Å². The Kier molecular flexibility index (Phi) is 4.36. The second-order valence-electron chi connectivity index (χ2n) is 4.33. The van der Waals surface area contributed by atoms with Crippen LogP contribution >= 0.6 is 23.3 Å². The minimum Gasteiger partial charge on any atom is -0.301 e. The first-order valence-electron chi connectivity index (χ1n) is 6.41. The first-order valence-corrected chi connectivity index (χ1v) is 8.11. The van der Waals surface area contributed by atoms with Crippen molar-refractivity contribution in [3.63, 3.8) is 0 Å². The minimum atomic E-state index is -0.388. The molecule has 0 fully saturated rings. The van der Waals surface area contributed by atoms with Gasteiger partial charge in [0.05, 0.1) is 10.6 Å². The smallest absolute Gasteiger partial charge is 0.284 e. The molecule has 5 nitrogen and oxygen atoms in total. The average molecular weight is 329 g/mol. The van der Waals surface area contributed by atoms with Crippen LogP contribution in [0.1, 0.15) is 0 Å². The molecule has 0 unspecified atom stereocenters.